The number of benzene rings is 2. The third-order valence-electron chi connectivity index (χ3n) is 4.17. The SMILES string of the molecule is O=C(C=Cc1ccc2c(c1)CCCC2)c1ccc(OC(F)(F)F)cc1. The Kier molecular flexibility index (Phi) is 4.93. The second kappa shape index (κ2) is 7.13. The molecule has 1 aliphatic carbocycles. The zero-order chi connectivity index (χ0) is 17.9. The maximum Gasteiger partial charge on any atom is 0.573 e. The maximum absolute atomic E-state index is 12.2. The molecule has 0 spiro atoms. The van der Waals surface area contributed by atoms with Crippen molar-refractivity contribution >= 4 is 11.9 Å². The van der Waals surface area contributed by atoms with Crippen LogP contribution in [0.1, 0.15) is 39.9 Å². The molecule has 0 heterocycles. The molecular weight excluding hydrogens is 329 g/mol. The van der Waals surface area contributed by atoms with Gasteiger partial charge in [-0.1, -0.05) is 24.3 Å². The molecule has 0 saturated carbocycles. The summed E-state index contributed by atoms with van der Waals surface area (Å²) in [6, 6.07) is 11.1. The minimum Gasteiger partial charge on any atom is -0.406 e. The van der Waals surface area contributed by atoms with Crippen LogP contribution in [0.25, 0.3) is 6.08 Å². The van der Waals surface area contributed by atoms with E-state index in [1.54, 1.807) is 6.08 Å². The largest absolute Gasteiger partial charge is 0.573 e. The molecule has 0 amide bonds. The molecule has 25 heavy (non-hydrogen) atoms. The first-order chi connectivity index (χ1) is 11.9. The highest BCUT2D eigenvalue weighted by atomic mass is 19.4. The fourth-order valence-corrected chi connectivity index (χ4v) is 2.95. The molecule has 2 aromatic rings. The summed E-state index contributed by atoms with van der Waals surface area (Å²) >= 11 is 0. The van der Waals surface area contributed by atoms with Crippen LogP contribution in [-0.2, 0) is 12.8 Å². The Morgan fingerprint density at radius 2 is 1.64 bits per heavy atom. The fourth-order valence-electron chi connectivity index (χ4n) is 2.95. The van der Waals surface area contributed by atoms with Crippen LogP contribution in [0, 0.1) is 0 Å². The highest BCUT2D eigenvalue weighted by molar-refractivity contribution is 6.06. The van der Waals surface area contributed by atoms with Gasteiger partial charge in [-0.25, -0.2) is 0 Å². The van der Waals surface area contributed by atoms with Crippen molar-refractivity contribution in [3.8, 4) is 5.75 Å². The maximum atomic E-state index is 12.2. The monoisotopic (exact) mass is 346 g/mol. The smallest absolute Gasteiger partial charge is 0.406 e. The van der Waals surface area contributed by atoms with Gasteiger partial charge in [0.1, 0.15) is 5.75 Å². The van der Waals surface area contributed by atoms with Crippen LogP contribution < -0.4 is 4.74 Å². The van der Waals surface area contributed by atoms with E-state index in [1.165, 1.54) is 42.2 Å². The van der Waals surface area contributed by atoms with Crippen LogP contribution in [0.15, 0.2) is 48.5 Å². The molecule has 5 heteroatoms. The van der Waals surface area contributed by atoms with E-state index in [0.717, 1.165) is 30.5 Å². The summed E-state index contributed by atoms with van der Waals surface area (Å²) in [5.41, 5.74) is 3.96. The Labute approximate surface area is 143 Å². The predicted molar refractivity (Wildman–Crippen MR) is 89.6 cm³/mol. The van der Waals surface area contributed by atoms with E-state index in [0.29, 0.717) is 5.56 Å². The number of ether oxygens (including phenoxy) is 1. The molecule has 0 aliphatic heterocycles. The molecule has 130 valence electrons. The van der Waals surface area contributed by atoms with Crippen molar-refractivity contribution in [1.29, 1.82) is 0 Å². The average Bonchev–Trinajstić information content (AvgIpc) is 2.59. The van der Waals surface area contributed by atoms with E-state index in [1.807, 2.05) is 6.07 Å². The highest BCUT2D eigenvalue weighted by Gasteiger charge is 2.31. The summed E-state index contributed by atoms with van der Waals surface area (Å²) in [7, 11) is 0. The van der Waals surface area contributed by atoms with E-state index in [4.69, 9.17) is 0 Å². The topological polar surface area (TPSA) is 26.3 Å². The predicted octanol–water partition coefficient (Wildman–Crippen LogP) is 5.36. The third-order valence-corrected chi connectivity index (χ3v) is 4.17. The Balaban J connectivity index is 1.68. The highest BCUT2D eigenvalue weighted by Crippen LogP contribution is 2.24. The summed E-state index contributed by atoms with van der Waals surface area (Å²) in [6.07, 6.45) is 3.00. The van der Waals surface area contributed by atoms with Gasteiger partial charge in [0, 0.05) is 5.56 Å². The van der Waals surface area contributed by atoms with E-state index in [2.05, 4.69) is 16.9 Å². The Morgan fingerprint density at radius 1 is 0.960 bits per heavy atom. The number of ketones is 1. The lowest BCUT2D eigenvalue weighted by Crippen LogP contribution is -2.17. The Hall–Kier alpha value is -2.56. The van der Waals surface area contributed by atoms with Crippen LogP contribution in [0.4, 0.5) is 13.2 Å². The van der Waals surface area contributed by atoms with Gasteiger partial charge in [-0.3, -0.25) is 4.79 Å². The fraction of sp³-hybridized carbons (Fsp3) is 0.250. The van der Waals surface area contributed by atoms with Crippen molar-refractivity contribution in [3.05, 3.63) is 70.8 Å². The van der Waals surface area contributed by atoms with Crippen LogP contribution in [-0.4, -0.2) is 12.1 Å². The van der Waals surface area contributed by atoms with Gasteiger partial charge in [0.25, 0.3) is 0 Å². The molecule has 2 nitrogen and oxygen atoms in total. The molecule has 0 unspecified atom stereocenters. The normalized spacial score (nSPS) is 14.4. The number of halogens is 3. The second-order valence-electron chi connectivity index (χ2n) is 6.01. The lowest BCUT2D eigenvalue weighted by molar-refractivity contribution is -0.274. The van der Waals surface area contributed by atoms with Crippen molar-refractivity contribution in [1.82, 2.24) is 0 Å². The summed E-state index contributed by atoms with van der Waals surface area (Å²) in [5.74, 6) is -0.612. The number of hydrogen-bond acceptors (Lipinski definition) is 2. The zero-order valence-corrected chi connectivity index (χ0v) is 13.5. The number of rotatable bonds is 4. The number of allylic oxidation sites excluding steroid dienone is 1. The minimum absolute atomic E-state index is 0.267. The van der Waals surface area contributed by atoms with Crippen LogP contribution in [0.2, 0.25) is 0 Å². The first kappa shape index (κ1) is 17.3. The van der Waals surface area contributed by atoms with E-state index in [-0.39, 0.29) is 11.5 Å². The van der Waals surface area contributed by atoms with Gasteiger partial charge in [0.2, 0.25) is 0 Å². The summed E-state index contributed by atoms with van der Waals surface area (Å²) in [6.45, 7) is 0. The third kappa shape index (κ3) is 4.72. The van der Waals surface area contributed by atoms with Crippen LogP contribution >= 0.6 is 0 Å². The Morgan fingerprint density at radius 3 is 2.32 bits per heavy atom. The Bertz CT molecular complexity index is 790. The molecule has 0 radical (unpaired) electrons. The van der Waals surface area contributed by atoms with Gasteiger partial charge in [-0.2, -0.15) is 0 Å². The number of carbonyl (C=O) groups is 1. The van der Waals surface area contributed by atoms with Gasteiger partial charge < -0.3 is 4.74 Å². The molecule has 0 bridgehead atoms. The second-order valence-corrected chi connectivity index (χ2v) is 6.01. The molecule has 0 atom stereocenters. The lowest BCUT2D eigenvalue weighted by Gasteiger charge is -2.15. The zero-order valence-electron chi connectivity index (χ0n) is 13.5. The van der Waals surface area contributed by atoms with Gasteiger partial charge in [0.05, 0.1) is 0 Å². The first-order valence-electron chi connectivity index (χ1n) is 8.11. The minimum atomic E-state index is -4.74. The molecule has 3 rings (SSSR count). The number of alkyl halides is 3. The molecule has 0 aromatic heterocycles. The van der Waals surface area contributed by atoms with Crippen molar-refractivity contribution in [2.24, 2.45) is 0 Å². The molecule has 0 fully saturated rings. The van der Waals surface area contributed by atoms with E-state index < -0.39 is 6.36 Å². The van der Waals surface area contributed by atoms with Crippen molar-refractivity contribution in [2.45, 2.75) is 32.0 Å². The number of hydrogen-bond donors (Lipinski definition) is 0. The average molecular weight is 346 g/mol. The molecule has 0 N–H and O–H groups in total. The van der Waals surface area contributed by atoms with Gasteiger partial charge in [-0.05, 0) is 72.7 Å². The summed E-state index contributed by atoms with van der Waals surface area (Å²) in [5, 5.41) is 0. The van der Waals surface area contributed by atoms with Crippen LogP contribution in [0.5, 0.6) is 5.75 Å². The van der Waals surface area contributed by atoms with Gasteiger partial charge in [0.15, 0.2) is 5.78 Å². The number of carbonyl (C=O) groups excluding carboxylic acids is 1. The molecule has 1 aliphatic rings. The molecule has 2 aromatic carbocycles. The van der Waals surface area contributed by atoms with Crippen molar-refractivity contribution in [3.63, 3.8) is 0 Å². The quantitative estimate of drug-likeness (QED) is 0.550. The molecular formula is C20H17F3O2. The summed E-state index contributed by atoms with van der Waals surface area (Å²) in [4.78, 5) is 12.2. The molecule has 0 saturated heterocycles. The first-order valence-corrected chi connectivity index (χ1v) is 8.11. The van der Waals surface area contributed by atoms with E-state index >= 15 is 0 Å². The van der Waals surface area contributed by atoms with Crippen LogP contribution in [0.3, 0.4) is 0 Å². The van der Waals surface area contributed by atoms with Gasteiger partial charge >= 0.3 is 6.36 Å². The lowest BCUT2D eigenvalue weighted by atomic mass is 9.90. The van der Waals surface area contributed by atoms with E-state index in [9.17, 15) is 18.0 Å². The van der Waals surface area contributed by atoms with Gasteiger partial charge in [-0.15, -0.1) is 13.2 Å². The number of aryl methyl sites for hydroxylation is 2. The van der Waals surface area contributed by atoms with Crippen molar-refractivity contribution in [2.75, 3.05) is 0 Å². The summed E-state index contributed by atoms with van der Waals surface area (Å²) < 4.78 is 40.2. The van der Waals surface area contributed by atoms with Crippen molar-refractivity contribution < 1.29 is 22.7 Å². The standard InChI is InChI=1S/C20H17F3O2/c21-20(22,23)25-18-10-8-16(9-11-18)19(24)12-6-14-5-7-15-3-1-2-4-17(15)13-14/h5-13H,1-4H2. The number of fused-ring (bicyclic) bond motifs is 1.